The van der Waals surface area contributed by atoms with Gasteiger partial charge in [-0.15, -0.1) is 0 Å². The Bertz CT molecular complexity index is 553. The molecule has 192 valence electrons. The second kappa shape index (κ2) is 21.7. The van der Waals surface area contributed by atoms with Crippen LogP contribution in [0.4, 0.5) is 0 Å². The minimum Gasteiger partial charge on any atom is -0.481 e. The van der Waals surface area contributed by atoms with Gasteiger partial charge in [0.05, 0.1) is 0 Å². The molecule has 0 heterocycles. The first-order chi connectivity index (χ1) is 15.8. The maximum absolute atomic E-state index is 11.9. The van der Waals surface area contributed by atoms with Gasteiger partial charge >= 0.3 is 11.9 Å². The molecule has 0 rings (SSSR count). The summed E-state index contributed by atoms with van der Waals surface area (Å²) in [6, 6.07) is -1.06. The van der Waals surface area contributed by atoms with Crippen LogP contribution in [0.3, 0.4) is 0 Å². The van der Waals surface area contributed by atoms with Crippen molar-refractivity contribution < 1.29 is 29.4 Å². The van der Waals surface area contributed by atoms with E-state index in [-0.39, 0.29) is 18.7 Å². The van der Waals surface area contributed by atoms with Gasteiger partial charge < -0.3 is 21.3 Å². The Balaban J connectivity index is 3.39. The van der Waals surface area contributed by atoms with Crippen LogP contribution in [0, 0.1) is 0 Å². The number of carboxylic acid groups (broad SMARTS) is 2. The lowest BCUT2D eigenvalue weighted by Gasteiger charge is -2.13. The van der Waals surface area contributed by atoms with Crippen molar-refractivity contribution in [3.63, 3.8) is 0 Å². The Morgan fingerprint density at radius 2 is 0.939 bits per heavy atom. The Hall–Kier alpha value is -2.12. The topological polar surface area (TPSA) is 147 Å². The van der Waals surface area contributed by atoms with E-state index in [1.807, 2.05) is 0 Å². The van der Waals surface area contributed by atoms with Crippen molar-refractivity contribution in [3.05, 3.63) is 0 Å². The van der Waals surface area contributed by atoms with E-state index in [0.29, 0.717) is 12.8 Å². The number of unbranched alkanes of at least 4 members (excludes halogenated alkanes) is 15. The van der Waals surface area contributed by atoms with Crippen molar-refractivity contribution in [3.8, 4) is 0 Å². The summed E-state index contributed by atoms with van der Waals surface area (Å²) in [5.41, 5.74) is 5.03. The van der Waals surface area contributed by atoms with E-state index in [1.165, 1.54) is 64.2 Å². The lowest BCUT2D eigenvalue weighted by molar-refractivity contribution is -0.142. The van der Waals surface area contributed by atoms with E-state index in [4.69, 9.17) is 15.9 Å². The fraction of sp³-hybridized carbons (Fsp3) is 0.840. The summed E-state index contributed by atoms with van der Waals surface area (Å²) in [5, 5.41) is 20.1. The molecule has 0 unspecified atom stereocenters. The molecule has 0 aromatic heterocycles. The Morgan fingerprint density at radius 3 is 1.27 bits per heavy atom. The SMILES string of the molecule is NC(=O)CC[C@H](NC(=O)CCCCCCCCCCCCCCCCCCC(=O)O)C(=O)O. The number of carboxylic acids is 2. The molecule has 0 aliphatic rings. The molecule has 0 spiro atoms. The molecule has 5 N–H and O–H groups in total. The smallest absolute Gasteiger partial charge is 0.326 e. The fourth-order valence-electron chi connectivity index (χ4n) is 3.85. The first-order valence-corrected chi connectivity index (χ1v) is 12.8. The minimum atomic E-state index is -1.14. The Kier molecular flexibility index (Phi) is 20.3. The zero-order valence-corrected chi connectivity index (χ0v) is 20.3. The standard InChI is InChI=1S/C25H46N2O6/c26-22(28)20-19-21(25(32)33)27-23(29)17-15-13-11-9-7-5-3-1-2-4-6-8-10-12-14-16-18-24(30)31/h21H,1-20H2,(H2,26,28)(H,27,29)(H,30,31)(H,32,33)/t21-/m0/s1. The monoisotopic (exact) mass is 470 g/mol. The summed E-state index contributed by atoms with van der Waals surface area (Å²) in [5.74, 6) is -2.70. The van der Waals surface area contributed by atoms with E-state index >= 15 is 0 Å². The van der Waals surface area contributed by atoms with Gasteiger partial charge in [0.1, 0.15) is 6.04 Å². The molecule has 0 bridgehead atoms. The number of carbonyl (C=O) groups is 4. The largest absolute Gasteiger partial charge is 0.481 e. The van der Waals surface area contributed by atoms with Crippen molar-refractivity contribution in [2.45, 2.75) is 134 Å². The molecule has 8 heteroatoms. The van der Waals surface area contributed by atoms with Crippen LogP contribution in [0.2, 0.25) is 0 Å². The zero-order valence-electron chi connectivity index (χ0n) is 20.3. The Morgan fingerprint density at radius 1 is 0.576 bits per heavy atom. The molecular formula is C25H46N2O6. The van der Waals surface area contributed by atoms with Crippen LogP contribution in [-0.2, 0) is 19.2 Å². The summed E-state index contributed by atoms with van der Waals surface area (Å²) < 4.78 is 0. The average Bonchev–Trinajstić information content (AvgIpc) is 2.75. The number of rotatable bonds is 24. The second-order valence-corrected chi connectivity index (χ2v) is 9.01. The third-order valence-electron chi connectivity index (χ3n) is 5.86. The number of amides is 2. The van der Waals surface area contributed by atoms with Gasteiger partial charge in [0.15, 0.2) is 0 Å². The highest BCUT2D eigenvalue weighted by Crippen LogP contribution is 2.14. The molecule has 0 aliphatic carbocycles. The second-order valence-electron chi connectivity index (χ2n) is 9.01. The van der Waals surface area contributed by atoms with Gasteiger partial charge in [-0.2, -0.15) is 0 Å². The molecule has 0 aromatic rings. The van der Waals surface area contributed by atoms with Crippen LogP contribution in [0.15, 0.2) is 0 Å². The number of primary amides is 1. The quantitative estimate of drug-likeness (QED) is 0.147. The number of aliphatic carboxylic acids is 2. The van der Waals surface area contributed by atoms with E-state index in [9.17, 15) is 19.2 Å². The predicted molar refractivity (Wildman–Crippen MR) is 129 cm³/mol. The molecule has 0 aliphatic heterocycles. The van der Waals surface area contributed by atoms with Gasteiger partial charge in [0, 0.05) is 19.3 Å². The first kappa shape index (κ1) is 30.9. The van der Waals surface area contributed by atoms with Crippen molar-refractivity contribution in [2.75, 3.05) is 0 Å². The number of hydrogen-bond acceptors (Lipinski definition) is 4. The van der Waals surface area contributed by atoms with Crippen LogP contribution in [0.5, 0.6) is 0 Å². The zero-order chi connectivity index (χ0) is 24.7. The highest BCUT2D eigenvalue weighted by molar-refractivity contribution is 5.84. The fourth-order valence-corrected chi connectivity index (χ4v) is 3.85. The van der Waals surface area contributed by atoms with Gasteiger partial charge in [-0.3, -0.25) is 14.4 Å². The summed E-state index contributed by atoms with van der Waals surface area (Å²) in [7, 11) is 0. The van der Waals surface area contributed by atoms with Crippen LogP contribution < -0.4 is 11.1 Å². The van der Waals surface area contributed by atoms with Crippen molar-refractivity contribution in [1.82, 2.24) is 5.32 Å². The first-order valence-electron chi connectivity index (χ1n) is 12.8. The van der Waals surface area contributed by atoms with Gasteiger partial charge in [0.2, 0.25) is 11.8 Å². The predicted octanol–water partition coefficient (Wildman–Crippen LogP) is 4.93. The molecule has 0 saturated heterocycles. The number of nitrogens with one attached hydrogen (secondary N) is 1. The van der Waals surface area contributed by atoms with Crippen molar-refractivity contribution in [1.29, 1.82) is 0 Å². The average molecular weight is 471 g/mol. The minimum absolute atomic E-state index is 0.0204. The molecule has 0 aromatic carbocycles. The lowest BCUT2D eigenvalue weighted by atomic mass is 10.0. The van der Waals surface area contributed by atoms with Gasteiger partial charge in [-0.05, 0) is 19.3 Å². The summed E-state index contributed by atoms with van der Waals surface area (Å²) in [4.78, 5) is 44.2. The molecule has 0 radical (unpaired) electrons. The summed E-state index contributed by atoms with van der Waals surface area (Å²) in [6.07, 6.45) is 18.9. The van der Waals surface area contributed by atoms with E-state index in [1.54, 1.807) is 0 Å². The van der Waals surface area contributed by atoms with Crippen LogP contribution in [0.1, 0.15) is 128 Å². The lowest BCUT2D eigenvalue weighted by Crippen LogP contribution is -2.41. The van der Waals surface area contributed by atoms with Gasteiger partial charge in [0.25, 0.3) is 0 Å². The maximum atomic E-state index is 11.9. The maximum Gasteiger partial charge on any atom is 0.326 e. The van der Waals surface area contributed by atoms with Crippen molar-refractivity contribution in [2.24, 2.45) is 5.73 Å². The highest BCUT2D eigenvalue weighted by atomic mass is 16.4. The van der Waals surface area contributed by atoms with E-state index in [0.717, 1.165) is 38.5 Å². The molecule has 2 amide bonds. The Labute approximate surface area is 199 Å². The normalized spacial score (nSPS) is 11.8. The molecule has 1 atom stereocenters. The van der Waals surface area contributed by atoms with Gasteiger partial charge in [-0.25, -0.2) is 4.79 Å². The number of hydrogen-bond donors (Lipinski definition) is 4. The number of nitrogens with two attached hydrogens (primary N) is 1. The number of carbonyl (C=O) groups excluding carboxylic acids is 2. The van der Waals surface area contributed by atoms with Gasteiger partial charge in [-0.1, -0.05) is 89.9 Å². The molecule has 0 saturated carbocycles. The molecular weight excluding hydrogens is 424 g/mol. The van der Waals surface area contributed by atoms with Crippen LogP contribution in [-0.4, -0.2) is 40.0 Å². The summed E-state index contributed by atoms with van der Waals surface area (Å²) >= 11 is 0. The van der Waals surface area contributed by atoms with Crippen LogP contribution >= 0.6 is 0 Å². The third-order valence-corrected chi connectivity index (χ3v) is 5.86. The molecule has 8 nitrogen and oxygen atoms in total. The van der Waals surface area contributed by atoms with Crippen LogP contribution in [0.25, 0.3) is 0 Å². The van der Waals surface area contributed by atoms with E-state index < -0.39 is 23.9 Å². The molecule has 33 heavy (non-hydrogen) atoms. The highest BCUT2D eigenvalue weighted by Gasteiger charge is 2.20. The van der Waals surface area contributed by atoms with Crippen molar-refractivity contribution >= 4 is 23.8 Å². The molecule has 0 fully saturated rings. The van der Waals surface area contributed by atoms with E-state index in [2.05, 4.69) is 5.32 Å². The third kappa shape index (κ3) is 22.9. The summed E-state index contributed by atoms with van der Waals surface area (Å²) in [6.45, 7) is 0.